The first-order chi connectivity index (χ1) is 15.0. The van der Waals surface area contributed by atoms with Gasteiger partial charge in [0.05, 0.1) is 11.9 Å². The molecule has 0 aliphatic rings. The lowest BCUT2D eigenvalue weighted by atomic mass is 10.1. The van der Waals surface area contributed by atoms with Crippen LogP contribution in [0.3, 0.4) is 0 Å². The Morgan fingerprint density at radius 1 is 0.935 bits per heavy atom. The molecule has 0 atom stereocenters. The van der Waals surface area contributed by atoms with E-state index in [1.807, 2.05) is 25.2 Å². The first-order valence-electron chi connectivity index (χ1n) is 9.44. The Morgan fingerprint density at radius 3 is 2.55 bits per heavy atom. The zero-order chi connectivity index (χ0) is 21.8. The normalized spacial score (nSPS) is 10.5. The molecule has 0 bridgehead atoms. The number of aryl methyl sites for hydroxylation is 1. The Hall–Kier alpha value is -4.40. The minimum Gasteiger partial charge on any atom is -0.325 e. The number of nitrogens with one attached hydrogen (secondary N) is 2. The molecule has 3 heterocycles. The van der Waals surface area contributed by atoms with E-state index in [2.05, 4.69) is 30.8 Å². The molecule has 0 saturated carbocycles. The van der Waals surface area contributed by atoms with Gasteiger partial charge in [0, 0.05) is 43.2 Å². The Morgan fingerprint density at radius 2 is 1.77 bits per heavy atom. The minimum absolute atomic E-state index is 0.183. The molecule has 0 aliphatic carbocycles. The quantitative estimate of drug-likeness (QED) is 0.519. The molecule has 0 saturated heterocycles. The third-order valence-corrected chi connectivity index (χ3v) is 4.47. The summed E-state index contributed by atoms with van der Waals surface area (Å²) in [6.07, 6.45) is 6.40. The van der Waals surface area contributed by atoms with Gasteiger partial charge in [0.25, 0.3) is 5.91 Å². The third-order valence-electron chi connectivity index (χ3n) is 4.47. The number of amides is 2. The molecule has 0 fully saturated rings. The van der Waals surface area contributed by atoms with Crippen LogP contribution in [0.15, 0.2) is 67.4 Å². The number of nitrogens with zero attached hydrogens (tertiary/aromatic N) is 5. The van der Waals surface area contributed by atoms with Crippen LogP contribution in [0, 0.1) is 0 Å². The number of hydrogen-bond donors (Lipinski definition) is 2. The van der Waals surface area contributed by atoms with Crippen molar-refractivity contribution < 1.29 is 9.59 Å². The number of pyridine rings is 2. The smallest absolute Gasteiger partial charge is 0.274 e. The van der Waals surface area contributed by atoms with Gasteiger partial charge in [0.1, 0.15) is 12.0 Å². The van der Waals surface area contributed by atoms with E-state index in [1.54, 1.807) is 53.8 Å². The van der Waals surface area contributed by atoms with Crippen molar-refractivity contribution in [1.29, 1.82) is 0 Å². The summed E-state index contributed by atoms with van der Waals surface area (Å²) in [4.78, 5) is 32.4. The maximum Gasteiger partial charge on any atom is 0.274 e. The second kappa shape index (κ2) is 8.54. The van der Waals surface area contributed by atoms with Crippen LogP contribution in [0.25, 0.3) is 22.5 Å². The van der Waals surface area contributed by atoms with E-state index >= 15 is 0 Å². The molecule has 0 radical (unpaired) electrons. The van der Waals surface area contributed by atoms with Crippen molar-refractivity contribution in [1.82, 2.24) is 24.7 Å². The molecule has 31 heavy (non-hydrogen) atoms. The second-order valence-electron chi connectivity index (χ2n) is 6.87. The SMILES string of the molecule is CC(=O)Nc1cncc(-c2ccnc(C(=O)Nc3cccc(-c4nncn4C)c3)c2)c1. The molecule has 4 rings (SSSR count). The van der Waals surface area contributed by atoms with Crippen LogP contribution >= 0.6 is 0 Å². The summed E-state index contributed by atoms with van der Waals surface area (Å²) in [5.74, 6) is 0.169. The summed E-state index contributed by atoms with van der Waals surface area (Å²) in [5.41, 5.74) is 3.80. The summed E-state index contributed by atoms with van der Waals surface area (Å²) in [5, 5.41) is 13.5. The predicted octanol–water partition coefficient (Wildman–Crippen LogP) is 3.15. The number of hydrogen-bond acceptors (Lipinski definition) is 6. The standard InChI is InChI=1S/C22H19N7O2/c1-14(30)26-19-9-17(11-23-12-19)15-6-7-24-20(10-15)22(31)27-18-5-3-4-16(8-18)21-28-25-13-29(21)2/h3-13H,1-2H3,(H,26,30)(H,27,31). The Balaban J connectivity index is 1.56. The van der Waals surface area contributed by atoms with Crippen LogP contribution in [0.1, 0.15) is 17.4 Å². The minimum atomic E-state index is -0.344. The van der Waals surface area contributed by atoms with Crippen molar-refractivity contribution in [2.45, 2.75) is 6.92 Å². The molecule has 1 aromatic carbocycles. The topological polar surface area (TPSA) is 115 Å². The van der Waals surface area contributed by atoms with Crippen LogP contribution in [0.5, 0.6) is 0 Å². The Labute approximate surface area is 178 Å². The van der Waals surface area contributed by atoms with Crippen LogP contribution in [-0.2, 0) is 11.8 Å². The predicted molar refractivity (Wildman–Crippen MR) is 116 cm³/mol. The summed E-state index contributed by atoms with van der Waals surface area (Å²) >= 11 is 0. The van der Waals surface area contributed by atoms with Crippen molar-refractivity contribution in [3.63, 3.8) is 0 Å². The van der Waals surface area contributed by atoms with E-state index in [0.29, 0.717) is 17.2 Å². The number of anilines is 2. The highest BCUT2D eigenvalue weighted by Crippen LogP contribution is 2.23. The summed E-state index contributed by atoms with van der Waals surface area (Å²) in [6.45, 7) is 1.43. The van der Waals surface area contributed by atoms with E-state index in [9.17, 15) is 9.59 Å². The maximum atomic E-state index is 12.8. The Kier molecular flexibility index (Phi) is 5.48. The Bertz CT molecular complexity index is 1270. The number of carbonyl (C=O) groups is 2. The first kappa shape index (κ1) is 19.9. The summed E-state index contributed by atoms with van der Waals surface area (Å²) in [6, 6.07) is 12.6. The largest absolute Gasteiger partial charge is 0.325 e. The fraction of sp³-hybridized carbons (Fsp3) is 0.0909. The van der Waals surface area contributed by atoms with Crippen molar-refractivity contribution >= 4 is 23.2 Å². The van der Waals surface area contributed by atoms with Gasteiger partial charge in [-0.3, -0.25) is 19.6 Å². The number of rotatable bonds is 5. The number of benzene rings is 1. The molecule has 154 valence electrons. The van der Waals surface area contributed by atoms with Crippen LogP contribution in [-0.4, -0.2) is 36.5 Å². The fourth-order valence-corrected chi connectivity index (χ4v) is 3.08. The third kappa shape index (κ3) is 4.61. The van der Waals surface area contributed by atoms with Gasteiger partial charge in [-0.05, 0) is 35.9 Å². The van der Waals surface area contributed by atoms with Gasteiger partial charge in [-0.1, -0.05) is 12.1 Å². The molecular formula is C22H19N7O2. The molecule has 9 nitrogen and oxygen atoms in total. The van der Waals surface area contributed by atoms with Gasteiger partial charge >= 0.3 is 0 Å². The highest BCUT2D eigenvalue weighted by molar-refractivity contribution is 6.03. The van der Waals surface area contributed by atoms with Gasteiger partial charge in [-0.2, -0.15) is 0 Å². The molecule has 4 aromatic rings. The van der Waals surface area contributed by atoms with Crippen LogP contribution in [0.2, 0.25) is 0 Å². The highest BCUT2D eigenvalue weighted by Gasteiger charge is 2.12. The van der Waals surface area contributed by atoms with E-state index in [-0.39, 0.29) is 17.5 Å². The summed E-state index contributed by atoms with van der Waals surface area (Å²) in [7, 11) is 1.85. The summed E-state index contributed by atoms with van der Waals surface area (Å²) < 4.78 is 1.80. The highest BCUT2D eigenvalue weighted by atomic mass is 16.2. The van der Waals surface area contributed by atoms with Crippen molar-refractivity contribution in [2.24, 2.45) is 7.05 Å². The monoisotopic (exact) mass is 413 g/mol. The molecule has 2 amide bonds. The molecule has 3 aromatic heterocycles. The van der Waals surface area contributed by atoms with Crippen LogP contribution in [0.4, 0.5) is 11.4 Å². The van der Waals surface area contributed by atoms with Gasteiger partial charge in [-0.15, -0.1) is 10.2 Å². The van der Waals surface area contributed by atoms with Crippen molar-refractivity contribution in [3.05, 3.63) is 73.1 Å². The fourth-order valence-electron chi connectivity index (χ4n) is 3.08. The molecule has 0 aliphatic heterocycles. The second-order valence-corrected chi connectivity index (χ2v) is 6.87. The lowest BCUT2D eigenvalue weighted by Crippen LogP contribution is -2.13. The molecule has 9 heteroatoms. The zero-order valence-corrected chi connectivity index (χ0v) is 16.9. The van der Waals surface area contributed by atoms with Gasteiger partial charge in [-0.25, -0.2) is 0 Å². The maximum absolute atomic E-state index is 12.8. The van der Waals surface area contributed by atoms with E-state index in [1.165, 1.54) is 6.92 Å². The molecular weight excluding hydrogens is 394 g/mol. The number of aromatic nitrogens is 5. The van der Waals surface area contributed by atoms with E-state index < -0.39 is 0 Å². The van der Waals surface area contributed by atoms with Crippen molar-refractivity contribution in [3.8, 4) is 22.5 Å². The lowest BCUT2D eigenvalue weighted by Gasteiger charge is -2.09. The zero-order valence-electron chi connectivity index (χ0n) is 16.9. The first-order valence-corrected chi connectivity index (χ1v) is 9.44. The van der Waals surface area contributed by atoms with E-state index in [4.69, 9.17) is 0 Å². The molecule has 0 unspecified atom stereocenters. The number of carbonyl (C=O) groups excluding carboxylic acids is 2. The lowest BCUT2D eigenvalue weighted by molar-refractivity contribution is -0.114. The average Bonchev–Trinajstić information content (AvgIpc) is 3.20. The van der Waals surface area contributed by atoms with Gasteiger partial charge in [0.2, 0.25) is 5.91 Å². The van der Waals surface area contributed by atoms with E-state index in [0.717, 1.165) is 16.7 Å². The van der Waals surface area contributed by atoms with Crippen LogP contribution < -0.4 is 10.6 Å². The van der Waals surface area contributed by atoms with Gasteiger partial charge < -0.3 is 15.2 Å². The molecule has 0 spiro atoms. The van der Waals surface area contributed by atoms with Gasteiger partial charge in [0.15, 0.2) is 5.82 Å². The van der Waals surface area contributed by atoms with Crippen molar-refractivity contribution in [2.75, 3.05) is 10.6 Å². The average molecular weight is 413 g/mol. The molecule has 2 N–H and O–H groups in total.